The van der Waals surface area contributed by atoms with Gasteiger partial charge in [-0.05, 0) is 19.2 Å². The average Bonchev–Trinajstić information content (AvgIpc) is 2.35. The van der Waals surface area contributed by atoms with E-state index in [1.807, 2.05) is 0 Å². The Balaban J connectivity index is 1.80. The molecule has 1 amide bonds. The van der Waals surface area contributed by atoms with Gasteiger partial charge in [-0.1, -0.05) is 11.6 Å². The van der Waals surface area contributed by atoms with E-state index < -0.39 is 0 Å². The molecule has 0 bridgehead atoms. The predicted octanol–water partition coefficient (Wildman–Crippen LogP) is 0.921. The first-order valence-electron chi connectivity index (χ1n) is 5.96. The Morgan fingerprint density at radius 3 is 2.72 bits per heavy atom. The molecule has 0 aromatic carbocycles. The van der Waals surface area contributed by atoms with E-state index in [0.29, 0.717) is 17.4 Å². The standard InChI is InChI=1S/C12H17ClN4O/c1-16-4-6-17(7-5-16)9-12(18)15-11-3-2-10(13)8-14-11/h2-3,8H,4-7,9H2,1H3,(H,14,15,18). The SMILES string of the molecule is CN1CCN(CC(=O)Nc2ccc(Cl)cn2)CC1. The lowest BCUT2D eigenvalue weighted by Crippen LogP contribution is -2.47. The van der Waals surface area contributed by atoms with Crippen LogP contribution in [0, 0.1) is 0 Å². The van der Waals surface area contributed by atoms with Crippen LogP contribution in [0.3, 0.4) is 0 Å². The van der Waals surface area contributed by atoms with Gasteiger partial charge in [-0.25, -0.2) is 4.98 Å². The number of likely N-dealkylation sites (N-methyl/N-ethyl adjacent to an activating group) is 1. The van der Waals surface area contributed by atoms with Crippen molar-refractivity contribution in [1.82, 2.24) is 14.8 Å². The number of pyridine rings is 1. The lowest BCUT2D eigenvalue weighted by molar-refractivity contribution is -0.117. The van der Waals surface area contributed by atoms with Crippen LogP contribution in [-0.2, 0) is 4.79 Å². The van der Waals surface area contributed by atoms with Crippen LogP contribution < -0.4 is 5.32 Å². The molecule has 2 heterocycles. The summed E-state index contributed by atoms with van der Waals surface area (Å²) < 4.78 is 0. The molecular formula is C12H17ClN4O. The number of amides is 1. The van der Waals surface area contributed by atoms with Gasteiger partial charge >= 0.3 is 0 Å². The maximum atomic E-state index is 11.8. The highest BCUT2D eigenvalue weighted by atomic mass is 35.5. The van der Waals surface area contributed by atoms with Crippen LogP contribution >= 0.6 is 11.6 Å². The minimum atomic E-state index is -0.0330. The summed E-state index contributed by atoms with van der Waals surface area (Å²) in [5, 5.41) is 3.33. The van der Waals surface area contributed by atoms with Gasteiger partial charge in [-0.2, -0.15) is 0 Å². The van der Waals surface area contributed by atoms with Gasteiger partial charge in [0, 0.05) is 32.4 Å². The molecule has 1 aliphatic rings. The first kappa shape index (κ1) is 13.3. The molecule has 18 heavy (non-hydrogen) atoms. The number of halogens is 1. The maximum absolute atomic E-state index is 11.8. The summed E-state index contributed by atoms with van der Waals surface area (Å²) in [6.45, 7) is 4.28. The van der Waals surface area contributed by atoms with E-state index >= 15 is 0 Å². The molecule has 1 aromatic rings. The van der Waals surface area contributed by atoms with Crippen LogP contribution in [0.2, 0.25) is 5.02 Å². The summed E-state index contributed by atoms with van der Waals surface area (Å²) >= 11 is 5.73. The molecule has 6 heteroatoms. The number of aromatic nitrogens is 1. The third-order valence-corrected chi connectivity index (χ3v) is 3.18. The van der Waals surface area contributed by atoms with Gasteiger partial charge in [0.05, 0.1) is 11.6 Å². The van der Waals surface area contributed by atoms with Crippen LogP contribution in [0.15, 0.2) is 18.3 Å². The lowest BCUT2D eigenvalue weighted by Gasteiger charge is -2.31. The van der Waals surface area contributed by atoms with Gasteiger partial charge < -0.3 is 10.2 Å². The van der Waals surface area contributed by atoms with Crippen molar-refractivity contribution in [2.24, 2.45) is 0 Å². The Morgan fingerprint density at radius 1 is 1.39 bits per heavy atom. The van der Waals surface area contributed by atoms with Crippen molar-refractivity contribution in [1.29, 1.82) is 0 Å². The fourth-order valence-electron chi connectivity index (χ4n) is 1.84. The van der Waals surface area contributed by atoms with E-state index in [1.54, 1.807) is 12.1 Å². The Labute approximate surface area is 112 Å². The van der Waals surface area contributed by atoms with E-state index in [-0.39, 0.29) is 5.91 Å². The van der Waals surface area contributed by atoms with Crippen molar-refractivity contribution in [3.05, 3.63) is 23.4 Å². The van der Waals surface area contributed by atoms with Crippen LogP contribution in [0.4, 0.5) is 5.82 Å². The van der Waals surface area contributed by atoms with Gasteiger partial charge in [0.1, 0.15) is 5.82 Å². The molecule has 0 saturated carbocycles. The summed E-state index contributed by atoms with van der Waals surface area (Å²) in [4.78, 5) is 20.2. The van der Waals surface area contributed by atoms with E-state index in [0.717, 1.165) is 26.2 Å². The minimum Gasteiger partial charge on any atom is -0.310 e. The smallest absolute Gasteiger partial charge is 0.239 e. The Kier molecular flexibility index (Phi) is 4.52. The van der Waals surface area contributed by atoms with Gasteiger partial charge in [0.25, 0.3) is 0 Å². The molecule has 0 aliphatic carbocycles. The molecule has 0 spiro atoms. The summed E-state index contributed by atoms with van der Waals surface area (Å²) in [5.41, 5.74) is 0. The monoisotopic (exact) mass is 268 g/mol. The van der Waals surface area contributed by atoms with Crippen molar-refractivity contribution in [3.63, 3.8) is 0 Å². The largest absolute Gasteiger partial charge is 0.310 e. The number of carbonyl (C=O) groups excluding carboxylic acids is 1. The van der Waals surface area contributed by atoms with Crippen molar-refractivity contribution in [2.45, 2.75) is 0 Å². The second-order valence-electron chi connectivity index (χ2n) is 4.49. The Morgan fingerprint density at radius 2 is 2.11 bits per heavy atom. The number of hydrogen-bond acceptors (Lipinski definition) is 4. The van der Waals surface area contributed by atoms with Gasteiger partial charge in [-0.3, -0.25) is 9.69 Å². The normalized spacial score (nSPS) is 17.7. The molecular weight excluding hydrogens is 252 g/mol. The summed E-state index contributed by atoms with van der Waals surface area (Å²) in [5.74, 6) is 0.507. The van der Waals surface area contributed by atoms with Crippen molar-refractivity contribution < 1.29 is 4.79 Å². The second kappa shape index (κ2) is 6.13. The molecule has 0 unspecified atom stereocenters. The Hall–Kier alpha value is -1.17. The second-order valence-corrected chi connectivity index (χ2v) is 4.93. The van der Waals surface area contributed by atoms with Gasteiger partial charge in [0.15, 0.2) is 0 Å². The molecule has 1 aliphatic heterocycles. The average molecular weight is 269 g/mol. The number of carbonyl (C=O) groups is 1. The summed E-state index contributed by atoms with van der Waals surface area (Å²) in [7, 11) is 2.09. The lowest BCUT2D eigenvalue weighted by atomic mass is 10.3. The highest BCUT2D eigenvalue weighted by Gasteiger charge is 2.16. The molecule has 5 nitrogen and oxygen atoms in total. The van der Waals surface area contributed by atoms with Gasteiger partial charge in [0.2, 0.25) is 5.91 Å². The Bertz CT molecular complexity index is 401. The first-order chi connectivity index (χ1) is 8.63. The first-order valence-corrected chi connectivity index (χ1v) is 6.33. The van der Waals surface area contributed by atoms with Crippen molar-refractivity contribution in [2.75, 3.05) is 45.1 Å². The molecule has 98 valence electrons. The molecule has 1 N–H and O–H groups in total. The third kappa shape index (κ3) is 3.94. The van der Waals surface area contributed by atoms with E-state index in [9.17, 15) is 4.79 Å². The van der Waals surface area contributed by atoms with E-state index in [1.165, 1.54) is 6.20 Å². The maximum Gasteiger partial charge on any atom is 0.239 e. The summed E-state index contributed by atoms with van der Waals surface area (Å²) in [6, 6.07) is 3.41. The number of anilines is 1. The zero-order valence-electron chi connectivity index (χ0n) is 10.4. The van der Waals surface area contributed by atoms with Crippen molar-refractivity contribution >= 4 is 23.3 Å². The van der Waals surface area contributed by atoms with Crippen LogP contribution in [0.5, 0.6) is 0 Å². The van der Waals surface area contributed by atoms with Crippen molar-refractivity contribution in [3.8, 4) is 0 Å². The molecule has 1 fully saturated rings. The van der Waals surface area contributed by atoms with Crippen LogP contribution in [-0.4, -0.2) is 60.5 Å². The molecule has 1 saturated heterocycles. The topological polar surface area (TPSA) is 48.5 Å². The minimum absolute atomic E-state index is 0.0330. The fraction of sp³-hybridized carbons (Fsp3) is 0.500. The highest BCUT2D eigenvalue weighted by Crippen LogP contribution is 2.09. The predicted molar refractivity (Wildman–Crippen MR) is 71.8 cm³/mol. The molecule has 0 radical (unpaired) electrons. The van der Waals surface area contributed by atoms with Crippen LogP contribution in [0.25, 0.3) is 0 Å². The summed E-state index contributed by atoms with van der Waals surface area (Å²) in [6.07, 6.45) is 1.52. The van der Waals surface area contributed by atoms with Crippen LogP contribution in [0.1, 0.15) is 0 Å². The van der Waals surface area contributed by atoms with E-state index in [4.69, 9.17) is 11.6 Å². The number of nitrogens with one attached hydrogen (secondary N) is 1. The zero-order valence-corrected chi connectivity index (χ0v) is 11.2. The fourth-order valence-corrected chi connectivity index (χ4v) is 1.95. The number of piperazine rings is 1. The molecule has 0 atom stereocenters. The molecule has 1 aromatic heterocycles. The molecule has 2 rings (SSSR count). The number of hydrogen-bond donors (Lipinski definition) is 1. The number of nitrogens with zero attached hydrogens (tertiary/aromatic N) is 3. The third-order valence-electron chi connectivity index (χ3n) is 2.96. The zero-order chi connectivity index (χ0) is 13.0. The van der Waals surface area contributed by atoms with Gasteiger partial charge in [-0.15, -0.1) is 0 Å². The van der Waals surface area contributed by atoms with E-state index in [2.05, 4.69) is 27.1 Å². The quantitative estimate of drug-likeness (QED) is 0.886. The highest BCUT2D eigenvalue weighted by molar-refractivity contribution is 6.30. The number of rotatable bonds is 3.